The second-order valence-electron chi connectivity index (χ2n) is 6.68. The molecule has 1 saturated heterocycles. The minimum atomic E-state index is -3.99. The van der Waals surface area contributed by atoms with E-state index in [1.807, 2.05) is 13.8 Å². The highest BCUT2D eigenvalue weighted by atomic mass is 32.2. The second-order valence-corrected chi connectivity index (χ2v) is 8.57. The van der Waals surface area contributed by atoms with Gasteiger partial charge in [0.2, 0.25) is 10.0 Å². The lowest BCUT2D eigenvalue weighted by molar-refractivity contribution is -0.151. The molecule has 2 rings (SSSR count). The Kier molecular flexibility index (Phi) is 6.96. The first kappa shape index (κ1) is 21.3. The largest absolute Gasteiger partial charge is 0.454 e. The molecule has 8 nitrogen and oxygen atoms in total. The third kappa shape index (κ3) is 5.06. The van der Waals surface area contributed by atoms with Gasteiger partial charge in [0.25, 0.3) is 5.91 Å². The number of aryl methyl sites for hydroxylation is 2. The normalized spacial score (nSPS) is 20.4. The molecular formula is C18H26N2O6S. The van der Waals surface area contributed by atoms with Crippen molar-refractivity contribution in [2.75, 3.05) is 19.7 Å². The summed E-state index contributed by atoms with van der Waals surface area (Å²) in [5.74, 6) is -1.29. The molecule has 0 radical (unpaired) electrons. The van der Waals surface area contributed by atoms with E-state index >= 15 is 0 Å². The number of hydrogen-bond donors (Lipinski definition) is 2. The second kappa shape index (κ2) is 8.81. The average molecular weight is 398 g/mol. The molecule has 1 aliphatic rings. The maximum absolute atomic E-state index is 13.0. The molecule has 27 heavy (non-hydrogen) atoms. The highest BCUT2D eigenvalue weighted by Gasteiger charge is 2.44. The quantitative estimate of drug-likeness (QED) is 0.647. The summed E-state index contributed by atoms with van der Waals surface area (Å²) in [7, 11) is -3.99. The number of nitrogens with zero attached hydrogens (tertiary/aromatic N) is 1. The maximum atomic E-state index is 13.0. The number of benzene rings is 1. The predicted molar refractivity (Wildman–Crippen MR) is 98.5 cm³/mol. The number of nitrogens with one attached hydrogen (secondary N) is 1. The first-order chi connectivity index (χ1) is 12.7. The van der Waals surface area contributed by atoms with Crippen LogP contribution in [0.4, 0.5) is 0 Å². The molecule has 9 heteroatoms. The summed E-state index contributed by atoms with van der Waals surface area (Å²) in [5.41, 5.74) is 1.76. The standard InChI is InChI=1S/C18H26N2O6S/c1-4-7-19-17(22)11-26-18(23)16-9-14(21)10-20(16)27(24,25)15-6-5-12(2)13(3)8-15/h5-6,8,14,16,21H,4,7,9-11H2,1-3H3,(H,19,22)/t14?,16-/m0/s1. The zero-order chi connectivity index (χ0) is 20.2. The van der Waals surface area contributed by atoms with E-state index in [0.29, 0.717) is 6.54 Å². The number of amides is 1. The van der Waals surface area contributed by atoms with Crippen molar-refractivity contribution in [3.05, 3.63) is 29.3 Å². The number of rotatable bonds is 7. The SMILES string of the molecule is CCCNC(=O)COC(=O)[C@@H]1CC(O)CN1S(=O)(=O)c1ccc(C)c(C)c1. The summed E-state index contributed by atoms with van der Waals surface area (Å²) < 4.78 is 31.9. The van der Waals surface area contributed by atoms with Crippen molar-refractivity contribution in [2.45, 2.75) is 50.7 Å². The fraction of sp³-hybridized carbons (Fsp3) is 0.556. The number of hydrogen-bond acceptors (Lipinski definition) is 6. The summed E-state index contributed by atoms with van der Waals surface area (Å²) in [6.45, 7) is 5.34. The molecule has 1 fully saturated rings. The van der Waals surface area contributed by atoms with E-state index in [1.165, 1.54) is 12.1 Å². The summed E-state index contributed by atoms with van der Waals surface area (Å²) in [4.78, 5) is 24.0. The van der Waals surface area contributed by atoms with Gasteiger partial charge in [0.05, 0.1) is 11.0 Å². The van der Waals surface area contributed by atoms with Crippen LogP contribution >= 0.6 is 0 Å². The van der Waals surface area contributed by atoms with Crippen LogP contribution in [0.15, 0.2) is 23.1 Å². The van der Waals surface area contributed by atoms with E-state index in [4.69, 9.17) is 4.74 Å². The van der Waals surface area contributed by atoms with Crippen LogP contribution in [0.1, 0.15) is 30.9 Å². The summed E-state index contributed by atoms with van der Waals surface area (Å²) >= 11 is 0. The molecular weight excluding hydrogens is 372 g/mol. The van der Waals surface area contributed by atoms with Crippen LogP contribution in [0.2, 0.25) is 0 Å². The highest BCUT2D eigenvalue weighted by molar-refractivity contribution is 7.89. The van der Waals surface area contributed by atoms with Crippen LogP contribution in [0, 0.1) is 13.8 Å². The molecule has 1 unspecified atom stereocenters. The number of carbonyl (C=O) groups excluding carboxylic acids is 2. The lowest BCUT2D eigenvalue weighted by atomic mass is 10.1. The Hall–Kier alpha value is -1.97. The van der Waals surface area contributed by atoms with Crippen LogP contribution in [0.5, 0.6) is 0 Å². The fourth-order valence-electron chi connectivity index (χ4n) is 2.82. The van der Waals surface area contributed by atoms with E-state index in [0.717, 1.165) is 21.9 Å². The summed E-state index contributed by atoms with van der Waals surface area (Å²) in [6, 6.07) is 3.55. The molecule has 2 atom stereocenters. The lowest BCUT2D eigenvalue weighted by Gasteiger charge is -2.22. The minimum Gasteiger partial charge on any atom is -0.454 e. The zero-order valence-electron chi connectivity index (χ0n) is 15.8. The molecule has 0 saturated carbocycles. The van der Waals surface area contributed by atoms with Crippen LogP contribution in [-0.4, -0.2) is 61.5 Å². The van der Waals surface area contributed by atoms with Crippen molar-refractivity contribution < 1.29 is 27.9 Å². The average Bonchev–Trinajstić information content (AvgIpc) is 3.02. The van der Waals surface area contributed by atoms with Gasteiger partial charge < -0.3 is 15.2 Å². The fourth-order valence-corrected chi connectivity index (χ4v) is 4.53. The van der Waals surface area contributed by atoms with Gasteiger partial charge in [0.1, 0.15) is 6.04 Å². The van der Waals surface area contributed by atoms with Crippen molar-refractivity contribution in [2.24, 2.45) is 0 Å². The van der Waals surface area contributed by atoms with Crippen molar-refractivity contribution in [3.8, 4) is 0 Å². The first-order valence-corrected chi connectivity index (χ1v) is 10.3. The van der Waals surface area contributed by atoms with Crippen molar-refractivity contribution in [3.63, 3.8) is 0 Å². The Morgan fingerprint density at radius 1 is 1.30 bits per heavy atom. The topological polar surface area (TPSA) is 113 Å². The molecule has 150 valence electrons. The molecule has 1 amide bonds. The third-order valence-electron chi connectivity index (χ3n) is 4.51. The first-order valence-electron chi connectivity index (χ1n) is 8.87. The van der Waals surface area contributed by atoms with E-state index in [9.17, 15) is 23.1 Å². The number of aliphatic hydroxyl groups excluding tert-OH is 1. The lowest BCUT2D eigenvalue weighted by Crippen LogP contribution is -2.42. The van der Waals surface area contributed by atoms with Gasteiger partial charge in [0, 0.05) is 19.5 Å². The van der Waals surface area contributed by atoms with E-state index < -0.39 is 40.7 Å². The Morgan fingerprint density at radius 2 is 2.00 bits per heavy atom. The van der Waals surface area contributed by atoms with Gasteiger partial charge in [-0.2, -0.15) is 4.31 Å². The molecule has 1 aromatic carbocycles. The van der Waals surface area contributed by atoms with Crippen LogP contribution in [0.3, 0.4) is 0 Å². The number of ether oxygens (including phenoxy) is 1. The smallest absolute Gasteiger partial charge is 0.325 e. The van der Waals surface area contributed by atoms with Crippen molar-refractivity contribution in [1.29, 1.82) is 0 Å². The van der Waals surface area contributed by atoms with Crippen LogP contribution in [-0.2, 0) is 24.3 Å². The molecule has 1 heterocycles. The molecule has 2 N–H and O–H groups in total. The van der Waals surface area contributed by atoms with Gasteiger partial charge in [-0.3, -0.25) is 9.59 Å². The Balaban J connectivity index is 2.15. The highest BCUT2D eigenvalue weighted by Crippen LogP contribution is 2.28. The van der Waals surface area contributed by atoms with Gasteiger partial charge in [-0.15, -0.1) is 0 Å². The summed E-state index contributed by atoms with van der Waals surface area (Å²) in [5, 5.41) is 12.5. The van der Waals surface area contributed by atoms with Crippen molar-refractivity contribution >= 4 is 21.9 Å². The minimum absolute atomic E-state index is 0.0539. The van der Waals surface area contributed by atoms with E-state index in [1.54, 1.807) is 13.0 Å². The zero-order valence-corrected chi connectivity index (χ0v) is 16.6. The maximum Gasteiger partial charge on any atom is 0.325 e. The van der Waals surface area contributed by atoms with Gasteiger partial charge in [-0.05, 0) is 43.5 Å². The third-order valence-corrected chi connectivity index (χ3v) is 6.38. The van der Waals surface area contributed by atoms with Crippen LogP contribution in [0.25, 0.3) is 0 Å². The molecule has 0 bridgehead atoms. The van der Waals surface area contributed by atoms with Gasteiger partial charge in [-0.1, -0.05) is 13.0 Å². The number of carbonyl (C=O) groups is 2. The molecule has 0 aliphatic carbocycles. The number of β-amino-alcohol motifs (C(OH)–C–C–N with tert-alkyl or cyclic N) is 1. The molecule has 0 spiro atoms. The van der Waals surface area contributed by atoms with Gasteiger partial charge >= 0.3 is 5.97 Å². The molecule has 1 aromatic rings. The summed E-state index contributed by atoms with van der Waals surface area (Å²) in [6.07, 6.45) is -0.298. The Morgan fingerprint density at radius 3 is 2.63 bits per heavy atom. The molecule has 1 aliphatic heterocycles. The monoisotopic (exact) mass is 398 g/mol. The van der Waals surface area contributed by atoms with Gasteiger partial charge in [-0.25, -0.2) is 8.42 Å². The van der Waals surface area contributed by atoms with E-state index in [-0.39, 0.29) is 17.9 Å². The predicted octanol–water partition coefficient (Wildman–Crippen LogP) is 0.497. The Labute approximate surface area is 159 Å². The van der Waals surface area contributed by atoms with E-state index in [2.05, 4.69) is 5.32 Å². The number of sulfonamides is 1. The Bertz CT molecular complexity index is 808. The molecule has 0 aromatic heterocycles. The van der Waals surface area contributed by atoms with Crippen molar-refractivity contribution in [1.82, 2.24) is 9.62 Å². The number of aliphatic hydroxyl groups is 1. The number of esters is 1. The van der Waals surface area contributed by atoms with Gasteiger partial charge in [0.15, 0.2) is 6.61 Å². The van der Waals surface area contributed by atoms with Crippen LogP contribution < -0.4 is 5.32 Å².